The van der Waals surface area contributed by atoms with Gasteiger partial charge in [-0.1, -0.05) is 24.3 Å². The number of rotatable bonds is 7. The van der Waals surface area contributed by atoms with Crippen LogP contribution in [0, 0.1) is 6.92 Å². The molecule has 3 aromatic rings. The third-order valence-electron chi connectivity index (χ3n) is 3.87. The van der Waals surface area contributed by atoms with Crippen LogP contribution >= 0.6 is 11.3 Å². The van der Waals surface area contributed by atoms with Crippen LogP contribution in [-0.2, 0) is 4.79 Å². The minimum absolute atomic E-state index is 0.0766. The Morgan fingerprint density at radius 3 is 2.52 bits per heavy atom. The van der Waals surface area contributed by atoms with Crippen molar-refractivity contribution < 1.29 is 14.3 Å². The molecule has 0 aliphatic carbocycles. The van der Waals surface area contributed by atoms with Crippen molar-refractivity contribution in [1.29, 1.82) is 0 Å². The van der Waals surface area contributed by atoms with Crippen molar-refractivity contribution in [2.24, 2.45) is 0 Å². The number of allylic oxidation sites excluding steroid dienone is 1. The molecule has 0 fully saturated rings. The third-order valence-corrected chi connectivity index (χ3v) is 4.71. The van der Waals surface area contributed by atoms with Crippen molar-refractivity contribution in [2.75, 3.05) is 11.9 Å². The van der Waals surface area contributed by atoms with E-state index in [-0.39, 0.29) is 18.3 Å². The van der Waals surface area contributed by atoms with Gasteiger partial charge in [-0.05, 0) is 66.4 Å². The first-order valence-corrected chi connectivity index (χ1v) is 9.34. The molecule has 0 spiro atoms. The Morgan fingerprint density at radius 1 is 1.04 bits per heavy atom. The molecule has 0 bridgehead atoms. The summed E-state index contributed by atoms with van der Waals surface area (Å²) in [5.41, 5.74) is 2.33. The largest absolute Gasteiger partial charge is 0.484 e. The number of nitrogens with one attached hydrogen (secondary N) is 1. The Hall–Kier alpha value is -3.18. The second kappa shape index (κ2) is 8.96. The van der Waals surface area contributed by atoms with Crippen LogP contribution in [0.4, 0.5) is 5.69 Å². The summed E-state index contributed by atoms with van der Waals surface area (Å²) < 4.78 is 5.49. The molecule has 1 aromatic heterocycles. The van der Waals surface area contributed by atoms with E-state index in [1.165, 1.54) is 0 Å². The molecule has 136 valence electrons. The molecule has 4 nitrogen and oxygen atoms in total. The van der Waals surface area contributed by atoms with Gasteiger partial charge in [-0.2, -0.15) is 0 Å². The van der Waals surface area contributed by atoms with E-state index in [4.69, 9.17) is 4.74 Å². The van der Waals surface area contributed by atoms with Crippen LogP contribution in [-0.4, -0.2) is 18.3 Å². The summed E-state index contributed by atoms with van der Waals surface area (Å²) in [5, 5.41) is 4.78. The lowest BCUT2D eigenvalue weighted by Gasteiger charge is -2.09. The van der Waals surface area contributed by atoms with Crippen molar-refractivity contribution in [1.82, 2.24) is 0 Å². The van der Waals surface area contributed by atoms with Gasteiger partial charge >= 0.3 is 0 Å². The lowest BCUT2D eigenvalue weighted by atomic mass is 10.1. The molecule has 0 radical (unpaired) electrons. The average Bonchev–Trinajstić information content (AvgIpc) is 3.20. The molecular formula is C22H19NO3S. The molecule has 0 saturated carbocycles. The van der Waals surface area contributed by atoms with Crippen molar-refractivity contribution in [3.05, 3.63) is 88.1 Å². The van der Waals surface area contributed by atoms with Gasteiger partial charge in [0.1, 0.15) is 5.75 Å². The summed E-state index contributed by atoms with van der Waals surface area (Å²) in [5.74, 6) is 0.226. The fourth-order valence-corrected chi connectivity index (χ4v) is 3.02. The van der Waals surface area contributed by atoms with Crippen molar-refractivity contribution >= 4 is 34.8 Å². The quantitative estimate of drug-likeness (QED) is 0.467. The number of ketones is 1. The molecule has 27 heavy (non-hydrogen) atoms. The standard InChI is InChI=1S/C22H19NO3S/c1-16-5-2-3-7-20(16)23-22(25)15-26-18-10-8-17(9-11-18)21(24)13-12-19-6-4-14-27-19/h2-14H,15H2,1H3,(H,23,25)/b13-12+. The van der Waals surface area contributed by atoms with Gasteiger partial charge in [-0.25, -0.2) is 0 Å². The van der Waals surface area contributed by atoms with E-state index < -0.39 is 0 Å². The lowest BCUT2D eigenvalue weighted by molar-refractivity contribution is -0.118. The van der Waals surface area contributed by atoms with Crippen molar-refractivity contribution in [3.8, 4) is 5.75 Å². The average molecular weight is 377 g/mol. The van der Waals surface area contributed by atoms with Crippen LogP contribution in [0.15, 0.2) is 72.1 Å². The first-order chi connectivity index (χ1) is 13.1. The second-order valence-electron chi connectivity index (χ2n) is 5.89. The smallest absolute Gasteiger partial charge is 0.262 e. The van der Waals surface area contributed by atoms with Gasteiger partial charge in [-0.15, -0.1) is 11.3 Å². The van der Waals surface area contributed by atoms with E-state index in [0.717, 1.165) is 16.1 Å². The number of carbonyl (C=O) groups excluding carboxylic acids is 2. The molecule has 2 aromatic carbocycles. The predicted molar refractivity (Wildman–Crippen MR) is 109 cm³/mol. The summed E-state index contributed by atoms with van der Waals surface area (Å²) in [6, 6.07) is 18.2. The van der Waals surface area contributed by atoms with Gasteiger partial charge in [0.05, 0.1) is 0 Å². The maximum Gasteiger partial charge on any atom is 0.262 e. The van der Waals surface area contributed by atoms with Crippen LogP contribution in [0.3, 0.4) is 0 Å². The Balaban J connectivity index is 1.52. The molecule has 3 rings (SSSR count). The Labute approximate surface area is 162 Å². The number of benzene rings is 2. The van der Waals surface area contributed by atoms with E-state index in [1.807, 2.05) is 48.7 Å². The topological polar surface area (TPSA) is 55.4 Å². The van der Waals surface area contributed by atoms with E-state index in [9.17, 15) is 9.59 Å². The van der Waals surface area contributed by atoms with Crippen LogP contribution in [0.5, 0.6) is 5.75 Å². The Kier molecular flexibility index (Phi) is 6.18. The SMILES string of the molecule is Cc1ccccc1NC(=O)COc1ccc(C(=O)/C=C/c2cccs2)cc1. The zero-order valence-electron chi connectivity index (χ0n) is 14.8. The first-order valence-electron chi connectivity index (χ1n) is 8.46. The summed E-state index contributed by atoms with van der Waals surface area (Å²) in [4.78, 5) is 25.2. The molecule has 1 N–H and O–H groups in total. The van der Waals surface area contributed by atoms with Gasteiger partial charge in [-0.3, -0.25) is 9.59 Å². The number of thiophene rings is 1. The van der Waals surface area contributed by atoms with Crippen LogP contribution in [0.2, 0.25) is 0 Å². The van der Waals surface area contributed by atoms with Gasteiger partial charge in [0.25, 0.3) is 5.91 Å². The number of hydrogen-bond donors (Lipinski definition) is 1. The zero-order chi connectivity index (χ0) is 19.1. The number of anilines is 1. The van der Waals surface area contributed by atoms with Gasteiger partial charge in [0.2, 0.25) is 0 Å². The zero-order valence-corrected chi connectivity index (χ0v) is 15.7. The highest BCUT2D eigenvalue weighted by Crippen LogP contribution is 2.16. The van der Waals surface area contributed by atoms with Gasteiger partial charge in [0, 0.05) is 16.1 Å². The molecule has 5 heteroatoms. The molecular weight excluding hydrogens is 358 g/mol. The monoisotopic (exact) mass is 377 g/mol. The predicted octanol–water partition coefficient (Wildman–Crippen LogP) is 4.97. The molecule has 0 atom stereocenters. The van der Waals surface area contributed by atoms with Crippen LogP contribution in [0.25, 0.3) is 6.08 Å². The number of carbonyl (C=O) groups is 2. The van der Waals surface area contributed by atoms with Gasteiger partial charge < -0.3 is 10.1 Å². The number of aryl methyl sites for hydroxylation is 1. The first kappa shape index (κ1) is 18.6. The van der Waals surface area contributed by atoms with E-state index in [2.05, 4.69) is 5.32 Å². The Bertz CT molecular complexity index is 944. The normalized spacial score (nSPS) is 10.7. The number of hydrogen-bond acceptors (Lipinski definition) is 4. The highest BCUT2D eigenvalue weighted by atomic mass is 32.1. The van der Waals surface area contributed by atoms with E-state index in [0.29, 0.717) is 11.3 Å². The number of ether oxygens (including phenoxy) is 1. The second-order valence-corrected chi connectivity index (χ2v) is 6.87. The van der Waals surface area contributed by atoms with Crippen LogP contribution in [0.1, 0.15) is 20.8 Å². The highest BCUT2D eigenvalue weighted by molar-refractivity contribution is 7.10. The molecule has 1 amide bonds. The van der Waals surface area contributed by atoms with Crippen LogP contribution < -0.4 is 10.1 Å². The molecule has 0 aliphatic rings. The fraction of sp³-hybridized carbons (Fsp3) is 0.0909. The number of para-hydroxylation sites is 1. The van der Waals surface area contributed by atoms with Gasteiger partial charge in [0.15, 0.2) is 12.4 Å². The lowest BCUT2D eigenvalue weighted by Crippen LogP contribution is -2.20. The summed E-state index contributed by atoms with van der Waals surface area (Å²) in [7, 11) is 0. The summed E-state index contributed by atoms with van der Waals surface area (Å²) in [6.07, 6.45) is 3.35. The van der Waals surface area contributed by atoms with Crippen molar-refractivity contribution in [2.45, 2.75) is 6.92 Å². The van der Waals surface area contributed by atoms with E-state index in [1.54, 1.807) is 47.8 Å². The molecule has 0 saturated heterocycles. The van der Waals surface area contributed by atoms with Crippen molar-refractivity contribution in [3.63, 3.8) is 0 Å². The molecule has 1 heterocycles. The van der Waals surface area contributed by atoms with E-state index >= 15 is 0 Å². The molecule has 0 unspecified atom stereocenters. The fourth-order valence-electron chi connectivity index (χ4n) is 2.40. The summed E-state index contributed by atoms with van der Waals surface area (Å²) >= 11 is 1.58. The maximum atomic E-state index is 12.2. The summed E-state index contributed by atoms with van der Waals surface area (Å²) in [6.45, 7) is 1.83. The minimum atomic E-state index is -0.233. The Morgan fingerprint density at radius 2 is 1.81 bits per heavy atom. The molecule has 0 aliphatic heterocycles. The maximum absolute atomic E-state index is 12.2. The third kappa shape index (κ3) is 5.39. The minimum Gasteiger partial charge on any atom is -0.484 e. The number of amides is 1. The highest BCUT2D eigenvalue weighted by Gasteiger charge is 2.07.